The molecule has 1 heterocycles. The average Bonchev–Trinajstić information content (AvgIpc) is 2.88. The summed E-state index contributed by atoms with van der Waals surface area (Å²) in [6, 6.07) is 1.71. The molecule has 1 rings (SSSR count). The van der Waals surface area contributed by atoms with E-state index in [1.165, 1.54) is 11.3 Å². The van der Waals surface area contributed by atoms with Crippen LogP contribution in [0.4, 0.5) is 5.69 Å². The predicted octanol–water partition coefficient (Wildman–Crippen LogP) is 1.35. The molecule has 2 amide bonds. The first-order chi connectivity index (χ1) is 8.50. The maximum absolute atomic E-state index is 11.5. The molecule has 1 aromatic rings. The van der Waals surface area contributed by atoms with E-state index in [-0.39, 0.29) is 6.54 Å². The highest BCUT2D eigenvalue weighted by molar-refractivity contribution is 7.08. The van der Waals surface area contributed by atoms with E-state index >= 15 is 0 Å². The van der Waals surface area contributed by atoms with Crippen molar-refractivity contribution in [2.45, 2.75) is 32.3 Å². The largest absolute Gasteiger partial charge is 0.388 e. The fourth-order valence-electron chi connectivity index (χ4n) is 1.35. The second-order valence-corrected chi connectivity index (χ2v) is 4.86. The van der Waals surface area contributed by atoms with E-state index in [9.17, 15) is 14.7 Å². The van der Waals surface area contributed by atoms with Crippen molar-refractivity contribution in [2.75, 3.05) is 11.9 Å². The lowest BCUT2D eigenvalue weighted by Gasteiger charge is -2.25. The van der Waals surface area contributed by atoms with Crippen LogP contribution in [0.25, 0.3) is 0 Å². The summed E-state index contributed by atoms with van der Waals surface area (Å²) >= 11 is 1.43. The molecule has 0 saturated heterocycles. The fourth-order valence-corrected chi connectivity index (χ4v) is 1.94. The van der Waals surface area contributed by atoms with Gasteiger partial charge in [0.25, 0.3) is 0 Å². The van der Waals surface area contributed by atoms with Crippen molar-refractivity contribution in [1.82, 2.24) is 5.32 Å². The van der Waals surface area contributed by atoms with Crippen LogP contribution in [-0.4, -0.2) is 29.1 Å². The number of hydrogen-bond donors (Lipinski definition) is 3. The van der Waals surface area contributed by atoms with E-state index in [0.29, 0.717) is 18.5 Å². The predicted molar refractivity (Wildman–Crippen MR) is 71.5 cm³/mol. The second-order valence-electron chi connectivity index (χ2n) is 4.08. The summed E-state index contributed by atoms with van der Waals surface area (Å²) in [6.45, 7) is 3.75. The Bertz CT molecular complexity index is 399. The van der Waals surface area contributed by atoms with Gasteiger partial charge in [0.2, 0.25) is 0 Å². The quantitative estimate of drug-likeness (QED) is 0.707. The molecule has 0 fully saturated rings. The van der Waals surface area contributed by atoms with E-state index in [1.807, 2.05) is 13.8 Å². The summed E-state index contributed by atoms with van der Waals surface area (Å²) in [7, 11) is 0. The molecule has 6 heteroatoms. The Balaban J connectivity index is 2.43. The monoisotopic (exact) mass is 270 g/mol. The van der Waals surface area contributed by atoms with Crippen LogP contribution >= 0.6 is 11.3 Å². The van der Waals surface area contributed by atoms with Gasteiger partial charge in [0, 0.05) is 11.9 Å². The summed E-state index contributed by atoms with van der Waals surface area (Å²) in [5, 5.41) is 18.4. The van der Waals surface area contributed by atoms with Crippen molar-refractivity contribution >= 4 is 28.8 Å². The van der Waals surface area contributed by atoms with E-state index in [2.05, 4.69) is 10.6 Å². The molecule has 0 spiro atoms. The minimum absolute atomic E-state index is 0.0793. The number of anilines is 1. The molecule has 3 N–H and O–H groups in total. The average molecular weight is 270 g/mol. The second kappa shape index (κ2) is 6.51. The summed E-state index contributed by atoms with van der Waals surface area (Å²) in [6.07, 6.45) is 1.05. The van der Waals surface area contributed by atoms with Gasteiger partial charge in [-0.25, -0.2) is 0 Å². The molecule has 0 saturated carbocycles. The smallest absolute Gasteiger partial charge is 0.313 e. The van der Waals surface area contributed by atoms with Crippen molar-refractivity contribution in [1.29, 1.82) is 0 Å². The normalized spacial score (nSPS) is 11.1. The van der Waals surface area contributed by atoms with E-state index < -0.39 is 17.4 Å². The van der Waals surface area contributed by atoms with Gasteiger partial charge in [-0.1, -0.05) is 13.8 Å². The van der Waals surface area contributed by atoms with Crippen molar-refractivity contribution in [2.24, 2.45) is 0 Å². The molecule has 0 bridgehead atoms. The first-order valence-corrected chi connectivity index (χ1v) is 6.79. The van der Waals surface area contributed by atoms with Gasteiger partial charge in [-0.05, 0) is 24.3 Å². The van der Waals surface area contributed by atoms with Crippen molar-refractivity contribution in [3.63, 3.8) is 0 Å². The van der Waals surface area contributed by atoms with E-state index in [4.69, 9.17) is 0 Å². The molecule has 18 heavy (non-hydrogen) atoms. The molecule has 0 unspecified atom stereocenters. The van der Waals surface area contributed by atoms with E-state index in [1.54, 1.807) is 16.8 Å². The Morgan fingerprint density at radius 3 is 2.50 bits per heavy atom. The Labute approximate surface area is 110 Å². The molecule has 0 aliphatic carbocycles. The number of hydrogen-bond acceptors (Lipinski definition) is 4. The minimum Gasteiger partial charge on any atom is -0.388 e. The highest BCUT2D eigenvalue weighted by Crippen LogP contribution is 2.13. The van der Waals surface area contributed by atoms with Gasteiger partial charge in [-0.15, -0.1) is 0 Å². The number of thiophene rings is 1. The van der Waals surface area contributed by atoms with Gasteiger partial charge in [-0.3, -0.25) is 9.59 Å². The molecule has 0 radical (unpaired) electrons. The maximum Gasteiger partial charge on any atom is 0.313 e. The van der Waals surface area contributed by atoms with Crippen LogP contribution in [-0.2, 0) is 9.59 Å². The molecule has 0 aliphatic heterocycles. The Hall–Kier alpha value is -1.40. The van der Waals surface area contributed by atoms with Crippen LogP contribution in [0.2, 0.25) is 0 Å². The van der Waals surface area contributed by atoms with Crippen LogP contribution in [0.3, 0.4) is 0 Å². The van der Waals surface area contributed by atoms with Gasteiger partial charge in [-0.2, -0.15) is 11.3 Å². The summed E-state index contributed by atoms with van der Waals surface area (Å²) in [4.78, 5) is 23.0. The lowest BCUT2D eigenvalue weighted by molar-refractivity contribution is -0.136. The maximum atomic E-state index is 11.5. The van der Waals surface area contributed by atoms with E-state index in [0.717, 1.165) is 0 Å². The van der Waals surface area contributed by atoms with Crippen LogP contribution in [0.5, 0.6) is 0 Å². The van der Waals surface area contributed by atoms with Gasteiger partial charge in [0.15, 0.2) is 0 Å². The number of nitrogens with one attached hydrogen (secondary N) is 2. The number of carbonyl (C=O) groups is 2. The Kier molecular flexibility index (Phi) is 5.30. The number of rotatable bonds is 5. The third-order valence-electron chi connectivity index (χ3n) is 2.88. The highest BCUT2D eigenvalue weighted by Gasteiger charge is 2.24. The molecule has 0 atom stereocenters. The summed E-state index contributed by atoms with van der Waals surface area (Å²) < 4.78 is 0. The third kappa shape index (κ3) is 4.12. The lowest BCUT2D eigenvalue weighted by Crippen LogP contribution is -2.45. The minimum atomic E-state index is -0.946. The van der Waals surface area contributed by atoms with Crippen molar-refractivity contribution in [3.8, 4) is 0 Å². The van der Waals surface area contributed by atoms with Crippen LogP contribution < -0.4 is 10.6 Å². The van der Waals surface area contributed by atoms with Crippen molar-refractivity contribution in [3.05, 3.63) is 16.8 Å². The van der Waals surface area contributed by atoms with Gasteiger partial charge < -0.3 is 15.7 Å². The number of amides is 2. The molecule has 1 aromatic heterocycles. The van der Waals surface area contributed by atoms with Gasteiger partial charge >= 0.3 is 11.8 Å². The number of aliphatic hydroxyl groups is 1. The SMILES string of the molecule is CCC(O)(CC)CNC(=O)C(=O)Nc1ccsc1. The zero-order valence-electron chi connectivity index (χ0n) is 10.5. The highest BCUT2D eigenvalue weighted by atomic mass is 32.1. The molecular formula is C12H18N2O3S. The first kappa shape index (κ1) is 14.7. The molecule has 0 aliphatic rings. The van der Waals surface area contributed by atoms with Crippen LogP contribution in [0, 0.1) is 0 Å². The zero-order chi connectivity index (χ0) is 13.6. The fraction of sp³-hybridized carbons (Fsp3) is 0.500. The van der Waals surface area contributed by atoms with Crippen LogP contribution in [0.1, 0.15) is 26.7 Å². The number of carbonyl (C=O) groups excluding carboxylic acids is 2. The molecule has 5 nitrogen and oxygen atoms in total. The first-order valence-electron chi connectivity index (χ1n) is 5.84. The standard InChI is InChI=1S/C12H18N2O3S/c1-3-12(17,4-2)8-13-10(15)11(16)14-9-5-6-18-7-9/h5-7,17H,3-4,8H2,1-2H3,(H,13,15)(H,14,16). The lowest BCUT2D eigenvalue weighted by atomic mass is 9.98. The molecule has 100 valence electrons. The zero-order valence-corrected chi connectivity index (χ0v) is 11.3. The van der Waals surface area contributed by atoms with Crippen molar-refractivity contribution < 1.29 is 14.7 Å². The van der Waals surface area contributed by atoms with Gasteiger partial charge in [0.1, 0.15) is 0 Å². The Morgan fingerprint density at radius 1 is 1.33 bits per heavy atom. The van der Waals surface area contributed by atoms with Crippen LogP contribution in [0.15, 0.2) is 16.8 Å². The molecular weight excluding hydrogens is 252 g/mol. The third-order valence-corrected chi connectivity index (χ3v) is 3.56. The topological polar surface area (TPSA) is 78.4 Å². The molecule has 0 aromatic carbocycles. The summed E-state index contributed by atoms with van der Waals surface area (Å²) in [5.74, 6) is -1.45. The van der Waals surface area contributed by atoms with Gasteiger partial charge in [0.05, 0.1) is 11.3 Å². The summed E-state index contributed by atoms with van der Waals surface area (Å²) in [5.41, 5.74) is -0.348. The Morgan fingerprint density at radius 2 is 2.00 bits per heavy atom.